The van der Waals surface area contributed by atoms with Gasteiger partial charge in [0.05, 0.1) is 0 Å². The van der Waals surface area contributed by atoms with E-state index in [2.05, 4.69) is 0 Å². The highest BCUT2D eigenvalue weighted by molar-refractivity contribution is 6.17. The minimum absolute atomic E-state index is 0.0239. The van der Waals surface area contributed by atoms with E-state index in [0.29, 0.717) is 18.8 Å². The minimum atomic E-state index is -0.556. The molecule has 18 heavy (non-hydrogen) atoms. The van der Waals surface area contributed by atoms with E-state index in [4.69, 9.17) is 16.3 Å². The van der Waals surface area contributed by atoms with Crippen molar-refractivity contribution in [3.63, 3.8) is 0 Å². The topological polar surface area (TPSA) is 12.5 Å². The number of halogens is 3. The standard InChI is InChI=1S/C13H16ClF2NO/c1-17(10-2-4-18-5-3-10)13-11(15)6-9(8-14)7-12(13)16/h6-7,10H,2-5,8H2,1H3. The third-order valence-corrected chi connectivity index (χ3v) is 3.63. The molecule has 1 heterocycles. The summed E-state index contributed by atoms with van der Waals surface area (Å²) >= 11 is 5.59. The molecule has 0 radical (unpaired) electrons. The van der Waals surface area contributed by atoms with Gasteiger partial charge >= 0.3 is 0 Å². The summed E-state index contributed by atoms with van der Waals surface area (Å²) in [6, 6.07) is 2.70. The van der Waals surface area contributed by atoms with Crippen LogP contribution >= 0.6 is 11.6 Å². The van der Waals surface area contributed by atoms with Gasteiger partial charge in [-0.2, -0.15) is 0 Å². The van der Waals surface area contributed by atoms with E-state index in [1.807, 2.05) is 0 Å². The fourth-order valence-corrected chi connectivity index (χ4v) is 2.44. The number of benzene rings is 1. The molecule has 0 bridgehead atoms. The predicted molar refractivity (Wildman–Crippen MR) is 68.2 cm³/mol. The lowest BCUT2D eigenvalue weighted by molar-refractivity contribution is 0.0852. The van der Waals surface area contributed by atoms with E-state index >= 15 is 0 Å². The number of nitrogens with zero attached hydrogens (tertiary/aromatic N) is 1. The van der Waals surface area contributed by atoms with Crippen LogP contribution in [0, 0.1) is 11.6 Å². The summed E-state index contributed by atoms with van der Waals surface area (Å²) < 4.78 is 33.1. The third-order valence-electron chi connectivity index (χ3n) is 3.32. The van der Waals surface area contributed by atoms with Crippen LogP contribution in [-0.4, -0.2) is 26.3 Å². The third kappa shape index (κ3) is 2.75. The van der Waals surface area contributed by atoms with Crippen molar-refractivity contribution in [2.24, 2.45) is 0 Å². The molecule has 0 N–H and O–H groups in total. The second kappa shape index (κ2) is 5.85. The van der Waals surface area contributed by atoms with Gasteiger partial charge in [0.1, 0.15) is 17.3 Å². The summed E-state index contributed by atoms with van der Waals surface area (Å²) in [6.45, 7) is 1.27. The van der Waals surface area contributed by atoms with Crippen molar-refractivity contribution < 1.29 is 13.5 Å². The van der Waals surface area contributed by atoms with Gasteiger partial charge in [-0.05, 0) is 30.5 Å². The highest BCUT2D eigenvalue weighted by atomic mass is 35.5. The fraction of sp³-hybridized carbons (Fsp3) is 0.538. The van der Waals surface area contributed by atoms with Crippen molar-refractivity contribution in [3.05, 3.63) is 29.3 Å². The van der Waals surface area contributed by atoms with Crippen molar-refractivity contribution in [2.75, 3.05) is 25.2 Å². The summed E-state index contributed by atoms with van der Waals surface area (Å²) in [4.78, 5) is 1.67. The molecule has 1 aliphatic rings. The Kier molecular flexibility index (Phi) is 4.40. The molecule has 0 atom stereocenters. The first-order valence-electron chi connectivity index (χ1n) is 5.98. The maximum absolute atomic E-state index is 13.9. The second-order valence-electron chi connectivity index (χ2n) is 4.50. The van der Waals surface area contributed by atoms with Crippen LogP contribution in [0.1, 0.15) is 18.4 Å². The van der Waals surface area contributed by atoms with Gasteiger partial charge < -0.3 is 9.64 Å². The number of rotatable bonds is 3. The number of alkyl halides is 1. The molecule has 5 heteroatoms. The number of anilines is 1. The van der Waals surface area contributed by atoms with E-state index in [0.717, 1.165) is 12.8 Å². The highest BCUT2D eigenvalue weighted by Gasteiger charge is 2.23. The van der Waals surface area contributed by atoms with Crippen LogP contribution in [0.5, 0.6) is 0 Å². The molecule has 1 aromatic carbocycles. The zero-order valence-electron chi connectivity index (χ0n) is 10.3. The van der Waals surface area contributed by atoms with Crippen molar-refractivity contribution in [2.45, 2.75) is 24.8 Å². The Labute approximate surface area is 110 Å². The molecule has 1 aliphatic heterocycles. The molecule has 2 nitrogen and oxygen atoms in total. The maximum atomic E-state index is 13.9. The summed E-state index contributed by atoms with van der Waals surface area (Å²) in [5.41, 5.74) is 0.478. The van der Waals surface area contributed by atoms with E-state index in [1.54, 1.807) is 11.9 Å². The van der Waals surface area contributed by atoms with Gasteiger partial charge in [-0.15, -0.1) is 11.6 Å². The molecule has 0 spiro atoms. The van der Waals surface area contributed by atoms with Crippen molar-refractivity contribution in [1.29, 1.82) is 0 Å². The summed E-state index contributed by atoms with van der Waals surface area (Å²) in [5.74, 6) is -1.01. The first-order chi connectivity index (χ1) is 8.63. The zero-order chi connectivity index (χ0) is 13.1. The fourth-order valence-electron chi connectivity index (χ4n) is 2.29. The van der Waals surface area contributed by atoms with Crippen molar-refractivity contribution >= 4 is 17.3 Å². The average Bonchev–Trinajstić information content (AvgIpc) is 2.38. The molecule has 2 rings (SSSR count). The molecule has 1 fully saturated rings. The summed E-state index contributed by atoms with van der Waals surface area (Å²) in [7, 11) is 1.72. The molecule has 0 saturated carbocycles. The van der Waals surface area contributed by atoms with Crippen LogP contribution in [-0.2, 0) is 10.6 Å². The largest absolute Gasteiger partial charge is 0.381 e. The van der Waals surface area contributed by atoms with Gasteiger partial charge in [-0.25, -0.2) is 8.78 Å². The van der Waals surface area contributed by atoms with E-state index < -0.39 is 11.6 Å². The van der Waals surface area contributed by atoms with Crippen LogP contribution < -0.4 is 4.90 Å². The van der Waals surface area contributed by atoms with Crippen LogP contribution in [0.3, 0.4) is 0 Å². The van der Waals surface area contributed by atoms with Crippen molar-refractivity contribution in [1.82, 2.24) is 0 Å². The minimum Gasteiger partial charge on any atom is -0.381 e. The first kappa shape index (κ1) is 13.6. The molecular weight excluding hydrogens is 260 g/mol. The van der Waals surface area contributed by atoms with Gasteiger partial charge in [0.2, 0.25) is 0 Å². The Morgan fingerprint density at radius 2 is 1.83 bits per heavy atom. The van der Waals surface area contributed by atoms with Crippen LogP contribution in [0.25, 0.3) is 0 Å². The molecule has 1 saturated heterocycles. The molecule has 0 amide bonds. The Morgan fingerprint density at radius 1 is 1.28 bits per heavy atom. The lowest BCUT2D eigenvalue weighted by atomic mass is 10.1. The molecule has 100 valence electrons. The van der Waals surface area contributed by atoms with Gasteiger partial charge in [-0.1, -0.05) is 0 Å². The highest BCUT2D eigenvalue weighted by Crippen LogP contribution is 2.28. The predicted octanol–water partition coefficient (Wildman–Crippen LogP) is 3.32. The SMILES string of the molecule is CN(c1c(F)cc(CCl)cc1F)C1CCOCC1. The normalized spacial score (nSPS) is 16.9. The molecular formula is C13H16ClF2NO. The van der Waals surface area contributed by atoms with Gasteiger partial charge in [0.25, 0.3) is 0 Å². The Bertz CT molecular complexity index is 398. The Morgan fingerprint density at radius 3 is 2.33 bits per heavy atom. The molecule has 0 aliphatic carbocycles. The maximum Gasteiger partial charge on any atom is 0.149 e. The number of hydrogen-bond donors (Lipinski definition) is 0. The van der Waals surface area contributed by atoms with E-state index in [9.17, 15) is 8.78 Å². The first-order valence-corrected chi connectivity index (χ1v) is 6.51. The monoisotopic (exact) mass is 275 g/mol. The lowest BCUT2D eigenvalue weighted by Crippen LogP contribution is -2.37. The Balaban J connectivity index is 2.26. The van der Waals surface area contributed by atoms with E-state index in [1.165, 1.54) is 12.1 Å². The molecule has 0 aromatic heterocycles. The molecule has 0 unspecified atom stereocenters. The lowest BCUT2D eigenvalue weighted by Gasteiger charge is -2.33. The number of hydrogen-bond acceptors (Lipinski definition) is 2. The van der Waals surface area contributed by atoms with E-state index in [-0.39, 0.29) is 17.6 Å². The van der Waals surface area contributed by atoms with Gasteiger partial charge in [-0.3, -0.25) is 0 Å². The smallest absolute Gasteiger partial charge is 0.149 e. The quantitative estimate of drug-likeness (QED) is 0.785. The number of ether oxygens (including phenoxy) is 1. The van der Waals surface area contributed by atoms with Crippen LogP contribution in [0.15, 0.2) is 12.1 Å². The zero-order valence-corrected chi connectivity index (χ0v) is 11.0. The van der Waals surface area contributed by atoms with Crippen LogP contribution in [0.2, 0.25) is 0 Å². The molecule has 1 aromatic rings. The second-order valence-corrected chi connectivity index (χ2v) is 4.76. The average molecular weight is 276 g/mol. The van der Waals surface area contributed by atoms with Crippen LogP contribution in [0.4, 0.5) is 14.5 Å². The summed E-state index contributed by atoms with van der Waals surface area (Å²) in [5, 5.41) is 0. The van der Waals surface area contributed by atoms with Crippen molar-refractivity contribution in [3.8, 4) is 0 Å². The summed E-state index contributed by atoms with van der Waals surface area (Å²) in [6.07, 6.45) is 1.57. The Hall–Kier alpha value is -0.870. The van der Waals surface area contributed by atoms with Gasteiger partial charge in [0.15, 0.2) is 0 Å². The van der Waals surface area contributed by atoms with Gasteiger partial charge in [0, 0.05) is 32.2 Å².